The van der Waals surface area contributed by atoms with E-state index in [9.17, 15) is 15.3 Å². The zero-order valence-electron chi connectivity index (χ0n) is 15.8. The molecular formula is C23H33O3-. The van der Waals surface area contributed by atoms with Crippen LogP contribution >= 0.6 is 0 Å². The summed E-state index contributed by atoms with van der Waals surface area (Å²) in [4.78, 5) is 0. The fourth-order valence-electron chi connectivity index (χ4n) is 1.94. The molecule has 0 bridgehead atoms. The lowest BCUT2D eigenvalue weighted by atomic mass is 10.2. The molecule has 0 aliphatic carbocycles. The van der Waals surface area contributed by atoms with Crippen LogP contribution in [0.5, 0.6) is 0 Å². The molecule has 0 saturated heterocycles. The van der Waals surface area contributed by atoms with Crippen LogP contribution in [0.15, 0.2) is 85.3 Å². The van der Waals surface area contributed by atoms with Gasteiger partial charge in [0.15, 0.2) is 0 Å². The Labute approximate surface area is 158 Å². The highest BCUT2D eigenvalue weighted by atomic mass is 16.3. The van der Waals surface area contributed by atoms with Crippen molar-refractivity contribution in [2.75, 3.05) is 0 Å². The first-order valence-electron chi connectivity index (χ1n) is 9.23. The van der Waals surface area contributed by atoms with Crippen LogP contribution in [-0.4, -0.2) is 22.4 Å². The minimum absolute atomic E-state index is 0.0371. The van der Waals surface area contributed by atoms with E-state index in [1.54, 1.807) is 24.3 Å². The Morgan fingerprint density at radius 2 is 1.38 bits per heavy atom. The Balaban J connectivity index is 3.87. The molecule has 0 aromatic rings. The van der Waals surface area contributed by atoms with Crippen LogP contribution in [0.2, 0.25) is 0 Å². The van der Waals surface area contributed by atoms with Gasteiger partial charge in [0.1, 0.15) is 0 Å². The van der Waals surface area contributed by atoms with Crippen molar-refractivity contribution in [1.29, 1.82) is 0 Å². The van der Waals surface area contributed by atoms with Crippen LogP contribution in [0.3, 0.4) is 0 Å². The van der Waals surface area contributed by atoms with Crippen molar-refractivity contribution in [2.45, 2.75) is 57.7 Å². The zero-order chi connectivity index (χ0) is 19.5. The quantitative estimate of drug-likeness (QED) is 0.277. The van der Waals surface area contributed by atoms with Crippen LogP contribution in [0.25, 0.3) is 0 Å². The van der Waals surface area contributed by atoms with Gasteiger partial charge >= 0.3 is 0 Å². The van der Waals surface area contributed by atoms with Gasteiger partial charge in [-0.25, -0.2) is 0 Å². The van der Waals surface area contributed by atoms with Crippen molar-refractivity contribution < 1.29 is 15.3 Å². The topological polar surface area (TPSA) is 63.5 Å². The predicted molar refractivity (Wildman–Crippen MR) is 109 cm³/mol. The van der Waals surface area contributed by atoms with Crippen molar-refractivity contribution in [3.63, 3.8) is 0 Å². The van der Waals surface area contributed by atoms with E-state index in [0.29, 0.717) is 19.3 Å². The van der Waals surface area contributed by atoms with Crippen LogP contribution in [0.1, 0.15) is 45.4 Å². The molecular weight excluding hydrogens is 324 g/mol. The molecule has 0 radical (unpaired) electrons. The van der Waals surface area contributed by atoms with Crippen molar-refractivity contribution in [1.82, 2.24) is 0 Å². The van der Waals surface area contributed by atoms with Gasteiger partial charge in [0.25, 0.3) is 0 Å². The van der Waals surface area contributed by atoms with E-state index >= 15 is 0 Å². The highest BCUT2D eigenvalue weighted by Gasteiger charge is 1.93. The maximum absolute atomic E-state index is 10.7. The monoisotopic (exact) mass is 357 g/mol. The van der Waals surface area contributed by atoms with E-state index in [2.05, 4.69) is 13.5 Å². The highest BCUT2D eigenvalue weighted by molar-refractivity contribution is 5.13. The average Bonchev–Trinajstić information content (AvgIpc) is 2.60. The van der Waals surface area contributed by atoms with Crippen molar-refractivity contribution >= 4 is 0 Å². The lowest BCUT2D eigenvalue weighted by Crippen LogP contribution is -1.99. The van der Waals surface area contributed by atoms with Crippen LogP contribution in [0, 0.1) is 0 Å². The van der Waals surface area contributed by atoms with E-state index in [1.165, 1.54) is 0 Å². The zero-order valence-corrected chi connectivity index (χ0v) is 15.8. The largest absolute Gasteiger partial charge is 0.876 e. The summed E-state index contributed by atoms with van der Waals surface area (Å²) < 4.78 is 0. The number of hydrogen-bond donors (Lipinski definition) is 2. The molecule has 0 rings (SSSR count). The van der Waals surface area contributed by atoms with Gasteiger partial charge in [-0.05, 0) is 38.5 Å². The van der Waals surface area contributed by atoms with E-state index in [0.717, 1.165) is 19.3 Å². The van der Waals surface area contributed by atoms with Gasteiger partial charge in [0.05, 0.1) is 12.2 Å². The minimum atomic E-state index is -0.516. The van der Waals surface area contributed by atoms with Gasteiger partial charge in [-0.2, -0.15) is 0 Å². The van der Waals surface area contributed by atoms with E-state index in [4.69, 9.17) is 0 Å². The van der Waals surface area contributed by atoms with Crippen LogP contribution < -0.4 is 5.11 Å². The molecule has 0 fully saturated rings. The summed E-state index contributed by atoms with van der Waals surface area (Å²) in [6.45, 7) is 5.39. The van der Waals surface area contributed by atoms with Gasteiger partial charge in [-0.3, -0.25) is 0 Å². The van der Waals surface area contributed by atoms with Crippen molar-refractivity contribution in [3.05, 3.63) is 85.3 Å². The molecule has 26 heavy (non-hydrogen) atoms. The van der Waals surface area contributed by atoms with Crippen LogP contribution in [0.4, 0.5) is 0 Å². The first-order valence-corrected chi connectivity index (χ1v) is 9.23. The Hall–Kier alpha value is -2.10. The lowest BCUT2D eigenvalue weighted by Gasteiger charge is -2.04. The molecule has 144 valence electrons. The number of allylic oxidation sites excluding steroid dienone is 9. The highest BCUT2D eigenvalue weighted by Crippen LogP contribution is 2.00. The lowest BCUT2D eigenvalue weighted by molar-refractivity contribution is -0.305. The van der Waals surface area contributed by atoms with Gasteiger partial charge < -0.3 is 15.3 Å². The Kier molecular flexibility index (Phi) is 16.3. The fraction of sp³-hybridized carbons (Fsp3) is 0.391. The fourth-order valence-corrected chi connectivity index (χ4v) is 1.94. The molecule has 0 aromatic carbocycles. The summed E-state index contributed by atoms with van der Waals surface area (Å²) in [5.74, 6) is -0.0371. The van der Waals surface area contributed by atoms with E-state index in [-0.39, 0.29) is 5.76 Å². The predicted octanol–water partition coefficient (Wildman–Crippen LogP) is 4.28. The second-order valence-corrected chi connectivity index (χ2v) is 5.90. The van der Waals surface area contributed by atoms with Gasteiger partial charge in [0, 0.05) is 0 Å². The summed E-state index contributed by atoms with van der Waals surface area (Å²) >= 11 is 0. The average molecular weight is 358 g/mol. The third-order valence-corrected chi connectivity index (χ3v) is 3.35. The summed E-state index contributed by atoms with van der Waals surface area (Å²) in [7, 11) is 0. The Bertz CT molecular complexity index is 522. The smallest absolute Gasteiger partial charge is 0.0758 e. The molecule has 0 heterocycles. The third kappa shape index (κ3) is 18.2. The molecule has 0 amide bonds. The molecule has 0 unspecified atom stereocenters. The van der Waals surface area contributed by atoms with Gasteiger partial charge in [-0.15, -0.1) is 12.3 Å². The Morgan fingerprint density at radius 1 is 0.846 bits per heavy atom. The molecule has 0 aromatic heterocycles. The molecule has 0 aliphatic rings. The second-order valence-electron chi connectivity index (χ2n) is 5.90. The first-order chi connectivity index (χ1) is 12.6. The van der Waals surface area contributed by atoms with E-state index < -0.39 is 12.2 Å². The molecule has 0 spiro atoms. The summed E-state index contributed by atoms with van der Waals surface area (Å²) in [6.07, 6.45) is 25.8. The minimum Gasteiger partial charge on any atom is -0.876 e. The number of aliphatic hydroxyl groups is 2. The van der Waals surface area contributed by atoms with E-state index in [1.807, 2.05) is 48.6 Å². The third-order valence-electron chi connectivity index (χ3n) is 3.35. The molecule has 0 aliphatic heterocycles. The second kappa shape index (κ2) is 17.7. The molecule has 2 N–H and O–H groups in total. The standard InChI is InChI=1S/C23H34O3/c1-3-4-11-17-22(25)19-14-9-10-15-20-23(26)18-13-8-6-5-7-12-16-21(2)24/h4-5,7-11,13-15,19-20,22-26H,2-3,6,12,16-18H2,1H3/p-1/b7-5-,10-9-,11-4-,13-8-,19-14+,20-15+/t22-,23-/m0/s1. The van der Waals surface area contributed by atoms with Crippen LogP contribution in [-0.2, 0) is 0 Å². The first kappa shape index (κ1) is 23.9. The normalized spacial score (nSPS) is 15.5. The maximum Gasteiger partial charge on any atom is 0.0758 e. The summed E-state index contributed by atoms with van der Waals surface area (Å²) in [5, 5.41) is 30.2. The maximum atomic E-state index is 10.7. The molecule has 0 saturated carbocycles. The molecule has 2 atom stereocenters. The van der Waals surface area contributed by atoms with Crippen molar-refractivity contribution in [3.8, 4) is 0 Å². The summed E-state index contributed by atoms with van der Waals surface area (Å²) in [6, 6.07) is 0. The Morgan fingerprint density at radius 3 is 1.92 bits per heavy atom. The molecule has 3 heteroatoms. The SMILES string of the molecule is C=C([O-])CC/C=C\C/C=C\C[C@H](O)/C=C/C=C\C=C\[C@@H](O)C/C=C\CC. The van der Waals surface area contributed by atoms with Crippen molar-refractivity contribution in [2.24, 2.45) is 0 Å². The number of aliphatic hydroxyl groups excluding tert-OH is 2. The molecule has 3 nitrogen and oxygen atoms in total. The van der Waals surface area contributed by atoms with Gasteiger partial charge in [-0.1, -0.05) is 79.8 Å². The number of hydrogen-bond acceptors (Lipinski definition) is 3. The summed E-state index contributed by atoms with van der Waals surface area (Å²) in [5.41, 5.74) is 0. The van der Waals surface area contributed by atoms with Gasteiger partial charge in [0.2, 0.25) is 0 Å². The number of rotatable bonds is 14.